The lowest BCUT2D eigenvalue weighted by Gasteiger charge is -2.36. The van der Waals surface area contributed by atoms with Gasteiger partial charge >= 0.3 is 6.09 Å². The summed E-state index contributed by atoms with van der Waals surface area (Å²) in [6.45, 7) is 7.88. The third kappa shape index (κ3) is 2.83. The number of piperidine rings is 1. The molecule has 1 rings (SSSR count). The summed E-state index contributed by atoms with van der Waals surface area (Å²) in [6.07, 6.45) is 3.63. The fourth-order valence-electron chi connectivity index (χ4n) is 1.71. The molecule has 1 aliphatic heterocycles. The summed E-state index contributed by atoms with van der Waals surface area (Å²) in [4.78, 5) is 13.1. The highest BCUT2D eigenvalue weighted by molar-refractivity contribution is 5.68. The van der Waals surface area contributed by atoms with Crippen LogP contribution in [0.15, 0.2) is 25.3 Å². The molecule has 15 heavy (non-hydrogen) atoms. The highest BCUT2D eigenvalue weighted by Crippen LogP contribution is 2.19. The van der Waals surface area contributed by atoms with Crippen LogP contribution in [0.5, 0.6) is 0 Å². The largest absolute Gasteiger partial charge is 0.445 e. The van der Waals surface area contributed by atoms with E-state index in [2.05, 4.69) is 13.2 Å². The van der Waals surface area contributed by atoms with E-state index in [1.165, 1.54) is 11.0 Å². The van der Waals surface area contributed by atoms with Crippen LogP contribution in [0.1, 0.15) is 12.8 Å². The smallest absolute Gasteiger partial charge is 0.410 e. The fourth-order valence-corrected chi connectivity index (χ4v) is 1.71. The molecule has 84 valence electrons. The minimum atomic E-state index is -0.535. The molecular weight excluding hydrogens is 194 g/mol. The number of carbonyl (C=O) groups is 1. The number of aliphatic hydroxyl groups excluding tert-OH is 1. The summed E-state index contributed by atoms with van der Waals surface area (Å²) in [5.74, 6) is 0. The van der Waals surface area contributed by atoms with Crippen LogP contribution in [-0.4, -0.2) is 41.4 Å². The number of hydrogen-bond donors (Lipinski definition) is 1. The van der Waals surface area contributed by atoms with Crippen LogP contribution in [0.25, 0.3) is 0 Å². The van der Waals surface area contributed by atoms with Crippen molar-refractivity contribution < 1.29 is 14.6 Å². The quantitative estimate of drug-likeness (QED) is 0.716. The van der Waals surface area contributed by atoms with Crippen molar-refractivity contribution in [3.63, 3.8) is 0 Å². The van der Waals surface area contributed by atoms with Crippen LogP contribution in [0, 0.1) is 0 Å². The lowest BCUT2D eigenvalue weighted by atomic mass is 9.99. The van der Waals surface area contributed by atoms with Crippen molar-refractivity contribution in [2.75, 3.05) is 13.2 Å². The average Bonchev–Trinajstić information content (AvgIpc) is 2.25. The van der Waals surface area contributed by atoms with Gasteiger partial charge in [0.15, 0.2) is 0 Å². The van der Waals surface area contributed by atoms with Gasteiger partial charge in [0.1, 0.15) is 6.61 Å². The van der Waals surface area contributed by atoms with Gasteiger partial charge in [0.2, 0.25) is 0 Å². The van der Waals surface area contributed by atoms with Gasteiger partial charge in [0.05, 0.1) is 12.1 Å². The summed E-state index contributed by atoms with van der Waals surface area (Å²) in [5, 5.41) is 9.67. The lowest BCUT2D eigenvalue weighted by molar-refractivity contribution is 0.0262. The monoisotopic (exact) mass is 211 g/mol. The van der Waals surface area contributed by atoms with Crippen LogP contribution >= 0.6 is 0 Å². The molecule has 1 heterocycles. The fraction of sp³-hybridized carbons (Fsp3) is 0.545. The van der Waals surface area contributed by atoms with E-state index in [1.54, 1.807) is 6.08 Å². The second kappa shape index (κ2) is 5.56. The molecule has 4 nitrogen and oxygen atoms in total. The Morgan fingerprint density at radius 2 is 2.33 bits per heavy atom. The van der Waals surface area contributed by atoms with Gasteiger partial charge in [-0.05, 0) is 12.8 Å². The Hall–Kier alpha value is -1.29. The minimum Gasteiger partial charge on any atom is -0.445 e. The Kier molecular flexibility index (Phi) is 4.37. The van der Waals surface area contributed by atoms with Crippen LogP contribution in [0.4, 0.5) is 4.79 Å². The van der Waals surface area contributed by atoms with Crippen LogP contribution < -0.4 is 0 Å². The maximum Gasteiger partial charge on any atom is 0.410 e. The molecule has 1 aliphatic rings. The van der Waals surface area contributed by atoms with Gasteiger partial charge in [-0.2, -0.15) is 0 Å². The highest BCUT2D eigenvalue weighted by Gasteiger charge is 2.31. The Balaban J connectivity index is 2.60. The first kappa shape index (κ1) is 11.8. The maximum atomic E-state index is 11.6. The van der Waals surface area contributed by atoms with E-state index in [9.17, 15) is 9.90 Å². The first-order valence-corrected chi connectivity index (χ1v) is 5.05. The topological polar surface area (TPSA) is 49.8 Å². The third-order valence-corrected chi connectivity index (χ3v) is 2.45. The number of aliphatic hydroxyl groups is 1. The molecule has 4 heteroatoms. The number of rotatable bonds is 3. The van der Waals surface area contributed by atoms with Crippen molar-refractivity contribution in [3.8, 4) is 0 Å². The Bertz CT molecular complexity index is 252. The molecule has 0 saturated carbocycles. The Morgan fingerprint density at radius 3 is 2.93 bits per heavy atom. The van der Waals surface area contributed by atoms with E-state index >= 15 is 0 Å². The van der Waals surface area contributed by atoms with E-state index in [4.69, 9.17) is 4.74 Å². The van der Waals surface area contributed by atoms with E-state index < -0.39 is 12.2 Å². The summed E-state index contributed by atoms with van der Waals surface area (Å²) in [6, 6.07) is -0.337. The molecule has 1 fully saturated rings. The Morgan fingerprint density at radius 1 is 1.60 bits per heavy atom. The van der Waals surface area contributed by atoms with Crippen LogP contribution in [-0.2, 0) is 4.74 Å². The standard InChI is InChI=1S/C11H17NO3/c1-3-8-15-11(14)12-7-5-6-10(13)9(12)4-2/h3-4,9-10,13H,1-2,5-8H2/t9-,10+/m1/s1. The summed E-state index contributed by atoms with van der Waals surface area (Å²) in [5.41, 5.74) is 0. The average molecular weight is 211 g/mol. The molecule has 0 aliphatic carbocycles. The van der Waals surface area contributed by atoms with Gasteiger partial charge in [-0.15, -0.1) is 6.58 Å². The minimum absolute atomic E-state index is 0.190. The van der Waals surface area contributed by atoms with Gasteiger partial charge in [-0.1, -0.05) is 18.7 Å². The van der Waals surface area contributed by atoms with Gasteiger partial charge in [-0.3, -0.25) is 4.90 Å². The van der Waals surface area contributed by atoms with Gasteiger partial charge < -0.3 is 9.84 Å². The summed E-state index contributed by atoms with van der Waals surface area (Å²) in [7, 11) is 0. The molecule has 0 unspecified atom stereocenters. The lowest BCUT2D eigenvalue weighted by Crippen LogP contribution is -2.50. The van der Waals surface area contributed by atoms with Crippen molar-refractivity contribution in [1.82, 2.24) is 4.90 Å². The Labute approximate surface area is 89.8 Å². The first-order chi connectivity index (χ1) is 7.20. The molecular formula is C11H17NO3. The predicted octanol–water partition coefficient (Wildman–Crippen LogP) is 1.32. The number of carbonyl (C=O) groups excluding carboxylic acids is 1. The second-order valence-corrected chi connectivity index (χ2v) is 3.49. The zero-order valence-corrected chi connectivity index (χ0v) is 8.76. The SMILES string of the molecule is C=CCOC(=O)N1CCC[C@H](O)[C@H]1C=C. The number of ether oxygens (including phenoxy) is 1. The number of likely N-dealkylation sites (tertiary alicyclic amines) is 1. The second-order valence-electron chi connectivity index (χ2n) is 3.49. The molecule has 1 amide bonds. The number of amides is 1. The van der Waals surface area contributed by atoms with E-state index in [1.807, 2.05) is 0 Å². The first-order valence-electron chi connectivity index (χ1n) is 5.05. The highest BCUT2D eigenvalue weighted by atomic mass is 16.6. The van der Waals surface area contributed by atoms with Gasteiger partial charge in [0, 0.05) is 6.54 Å². The molecule has 0 radical (unpaired) electrons. The zero-order chi connectivity index (χ0) is 11.3. The van der Waals surface area contributed by atoms with Crippen LogP contribution in [0.2, 0.25) is 0 Å². The van der Waals surface area contributed by atoms with Crippen molar-refractivity contribution in [2.24, 2.45) is 0 Å². The number of nitrogens with zero attached hydrogens (tertiary/aromatic N) is 1. The number of hydrogen-bond acceptors (Lipinski definition) is 3. The van der Waals surface area contributed by atoms with E-state index in [-0.39, 0.29) is 12.6 Å². The van der Waals surface area contributed by atoms with E-state index in [0.717, 1.165) is 6.42 Å². The summed E-state index contributed by atoms with van der Waals surface area (Å²) < 4.78 is 4.92. The third-order valence-electron chi connectivity index (χ3n) is 2.45. The molecule has 2 atom stereocenters. The molecule has 0 aromatic heterocycles. The van der Waals surface area contributed by atoms with Crippen molar-refractivity contribution in [3.05, 3.63) is 25.3 Å². The molecule has 0 spiro atoms. The van der Waals surface area contributed by atoms with Crippen molar-refractivity contribution >= 4 is 6.09 Å². The molecule has 1 N–H and O–H groups in total. The van der Waals surface area contributed by atoms with Crippen LogP contribution in [0.3, 0.4) is 0 Å². The molecule has 1 saturated heterocycles. The van der Waals surface area contributed by atoms with Crippen molar-refractivity contribution in [2.45, 2.75) is 25.0 Å². The summed E-state index contributed by atoms with van der Waals surface area (Å²) >= 11 is 0. The zero-order valence-electron chi connectivity index (χ0n) is 8.76. The van der Waals surface area contributed by atoms with Crippen molar-refractivity contribution in [1.29, 1.82) is 0 Å². The van der Waals surface area contributed by atoms with Gasteiger partial charge in [-0.25, -0.2) is 4.79 Å². The van der Waals surface area contributed by atoms with E-state index in [0.29, 0.717) is 13.0 Å². The molecule has 0 bridgehead atoms. The normalized spacial score (nSPS) is 25.8. The van der Waals surface area contributed by atoms with Gasteiger partial charge in [0.25, 0.3) is 0 Å². The maximum absolute atomic E-state index is 11.6. The predicted molar refractivity (Wildman–Crippen MR) is 57.5 cm³/mol. The molecule has 0 aromatic rings. The molecule has 0 aromatic carbocycles.